The topological polar surface area (TPSA) is 35.2 Å². The summed E-state index contributed by atoms with van der Waals surface area (Å²) in [5, 5.41) is 0. The fraction of sp³-hybridized carbons (Fsp3) is 0.600. The Morgan fingerprint density at radius 2 is 1.88 bits per heavy atom. The van der Waals surface area contributed by atoms with Gasteiger partial charge in [0.2, 0.25) is 0 Å². The summed E-state index contributed by atoms with van der Waals surface area (Å²) >= 11 is 0. The molecule has 0 fully saturated rings. The molecule has 0 spiro atoms. The predicted octanol–water partition coefficient (Wildman–Crippen LogP) is 3.54. The lowest BCUT2D eigenvalue weighted by molar-refractivity contribution is 0.300. The first-order valence-corrected chi connectivity index (χ1v) is 6.73. The molecule has 96 valence electrons. The molecule has 1 unspecified atom stereocenters. The molecule has 0 heterocycles. The molecule has 1 rings (SSSR count). The van der Waals surface area contributed by atoms with Crippen molar-refractivity contribution >= 4 is 0 Å². The molecule has 17 heavy (non-hydrogen) atoms. The van der Waals surface area contributed by atoms with Crippen LogP contribution in [0.3, 0.4) is 0 Å². The van der Waals surface area contributed by atoms with Crippen molar-refractivity contribution in [2.75, 3.05) is 6.61 Å². The average molecular weight is 235 g/mol. The monoisotopic (exact) mass is 235 g/mol. The number of nitrogens with two attached hydrogens (primary N) is 1. The maximum absolute atomic E-state index is 5.85. The van der Waals surface area contributed by atoms with Crippen molar-refractivity contribution in [2.24, 2.45) is 5.73 Å². The van der Waals surface area contributed by atoms with Crippen molar-refractivity contribution in [3.8, 4) is 5.75 Å². The molecule has 0 aliphatic heterocycles. The van der Waals surface area contributed by atoms with Crippen LogP contribution in [0.4, 0.5) is 0 Å². The van der Waals surface area contributed by atoms with E-state index in [0.29, 0.717) is 6.04 Å². The van der Waals surface area contributed by atoms with Crippen molar-refractivity contribution in [1.82, 2.24) is 0 Å². The summed E-state index contributed by atoms with van der Waals surface area (Å²) in [6, 6.07) is 8.74. The van der Waals surface area contributed by atoms with Crippen LogP contribution in [-0.4, -0.2) is 12.6 Å². The van der Waals surface area contributed by atoms with Gasteiger partial charge in [-0.15, -0.1) is 0 Å². The molecule has 0 radical (unpaired) electrons. The van der Waals surface area contributed by atoms with Gasteiger partial charge in [-0.25, -0.2) is 0 Å². The van der Waals surface area contributed by atoms with Gasteiger partial charge < -0.3 is 10.5 Å². The molecule has 0 saturated carbocycles. The highest BCUT2D eigenvalue weighted by atomic mass is 16.5. The minimum absolute atomic E-state index is 0.325. The van der Waals surface area contributed by atoms with Crippen LogP contribution in [0.25, 0.3) is 0 Å². The quantitative estimate of drug-likeness (QED) is 0.699. The summed E-state index contributed by atoms with van der Waals surface area (Å²) in [4.78, 5) is 0. The van der Waals surface area contributed by atoms with E-state index >= 15 is 0 Å². The third kappa shape index (κ3) is 5.73. The zero-order valence-electron chi connectivity index (χ0n) is 11.1. The Balaban J connectivity index is 2.23. The molecule has 1 aromatic rings. The Morgan fingerprint density at radius 3 is 2.47 bits per heavy atom. The Hall–Kier alpha value is -1.02. The molecule has 0 aromatic heterocycles. The summed E-state index contributed by atoms with van der Waals surface area (Å²) in [6.45, 7) is 5.08. The van der Waals surface area contributed by atoms with Gasteiger partial charge in [-0.2, -0.15) is 0 Å². The smallest absolute Gasteiger partial charge is 0.119 e. The zero-order chi connectivity index (χ0) is 12.5. The Morgan fingerprint density at radius 1 is 1.18 bits per heavy atom. The van der Waals surface area contributed by atoms with Crippen molar-refractivity contribution in [3.63, 3.8) is 0 Å². The largest absolute Gasteiger partial charge is 0.494 e. The normalized spacial score (nSPS) is 12.4. The van der Waals surface area contributed by atoms with Gasteiger partial charge >= 0.3 is 0 Å². The van der Waals surface area contributed by atoms with Gasteiger partial charge in [-0.1, -0.05) is 32.4 Å². The minimum Gasteiger partial charge on any atom is -0.494 e. The van der Waals surface area contributed by atoms with Crippen molar-refractivity contribution < 1.29 is 4.74 Å². The molecule has 0 aliphatic rings. The second kappa shape index (κ2) is 8.13. The van der Waals surface area contributed by atoms with Crippen LogP contribution in [0.1, 0.15) is 45.1 Å². The number of ether oxygens (including phenoxy) is 1. The van der Waals surface area contributed by atoms with E-state index in [-0.39, 0.29) is 0 Å². The third-order valence-electron chi connectivity index (χ3n) is 2.97. The van der Waals surface area contributed by atoms with E-state index in [1.807, 2.05) is 0 Å². The summed E-state index contributed by atoms with van der Waals surface area (Å²) in [7, 11) is 0. The van der Waals surface area contributed by atoms with Gasteiger partial charge in [-0.05, 0) is 43.4 Å². The second-order valence-corrected chi connectivity index (χ2v) is 4.55. The molecular formula is C15H25NO. The molecule has 0 saturated heterocycles. The lowest BCUT2D eigenvalue weighted by Crippen LogP contribution is -2.19. The van der Waals surface area contributed by atoms with Gasteiger partial charge in [0.15, 0.2) is 0 Å². The molecule has 0 amide bonds. The van der Waals surface area contributed by atoms with Crippen LogP contribution in [0, 0.1) is 0 Å². The van der Waals surface area contributed by atoms with E-state index in [1.165, 1.54) is 12.0 Å². The van der Waals surface area contributed by atoms with E-state index in [0.717, 1.165) is 38.0 Å². The van der Waals surface area contributed by atoms with Crippen molar-refractivity contribution in [2.45, 2.75) is 52.0 Å². The maximum Gasteiger partial charge on any atom is 0.119 e. The van der Waals surface area contributed by atoms with Crippen LogP contribution in [0.2, 0.25) is 0 Å². The average Bonchev–Trinajstić information content (AvgIpc) is 2.36. The first-order valence-electron chi connectivity index (χ1n) is 6.73. The number of benzene rings is 1. The van der Waals surface area contributed by atoms with E-state index in [4.69, 9.17) is 10.5 Å². The SMILES string of the molecule is CCCc1ccc(OCCCC(N)CC)cc1. The van der Waals surface area contributed by atoms with E-state index in [9.17, 15) is 0 Å². The Bertz CT molecular complexity index is 294. The Labute approximate surface area is 105 Å². The third-order valence-corrected chi connectivity index (χ3v) is 2.97. The number of rotatable bonds is 8. The predicted molar refractivity (Wildman–Crippen MR) is 73.4 cm³/mol. The lowest BCUT2D eigenvalue weighted by atomic mass is 10.1. The van der Waals surface area contributed by atoms with Crippen LogP contribution in [-0.2, 0) is 6.42 Å². The first-order chi connectivity index (χ1) is 8.26. The molecule has 2 heteroatoms. The number of hydrogen-bond acceptors (Lipinski definition) is 2. The molecular weight excluding hydrogens is 210 g/mol. The highest BCUT2D eigenvalue weighted by molar-refractivity contribution is 5.27. The Kier molecular flexibility index (Phi) is 6.71. The second-order valence-electron chi connectivity index (χ2n) is 4.55. The molecule has 2 nitrogen and oxygen atoms in total. The van der Waals surface area contributed by atoms with Gasteiger partial charge in [0.05, 0.1) is 6.61 Å². The molecule has 1 aromatic carbocycles. The van der Waals surface area contributed by atoms with Crippen LogP contribution in [0.15, 0.2) is 24.3 Å². The fourth-order valence-corrected chi connectivity index (χ4v) is 1.78. The van der Waals surface area contributed by atoms with Gasteiger partial charge in [-0.3, -0.25) is 0 Å². The summed E-state index contributed by atoms with van der Waals surface area (Å²) in [5.41, 5.74) is 7.23. The highest BCUT2D eigenvalue weighted by Crippen LogP contribution is 2.14. The van der Waals surface area contributed by atoms with E-state index in [2.05, 4.69) is 38.1 Å². The maximum atomic E-state index is 5.85. The van der Waals surface area contributed by atoms with Crippen molar-refractivity contribution in [3.05, 3.63) is 29.8 Å². The molecule has 0 aliphatic carbocycles. The summed E-state index contributed by atoms with van der Waals surface area (Å²) in [6.07, 6.45) is 5.46. The molecule has 2 N–H and O–H groups in total. The van der Waals surface area contributed by atoms with Gasteiger partial charge in [0.1, 0.15) is 5.75 Å². The van der Waals surface area contributed by atoms with Crippen LogP contribution < -0.4 is 10.5 Å². The highest BCUT2D eigenvalue weighted by Gasteiger charge is 1.99. The number of aryl methyl sites for hydroxylation is 1. The minimum atomic E-state index is 0.325. The van der Waals surface area contributed by atoms with Crippen molar-refractivity contribution in [1.29, 1.82) is 0 Å². The fourth-order valence-electron chi connectivity index (χ4n) is 1.78. The number of hydrogen-bond donors (Lipinski definition) is 1. The molecule has 0 bridgehead atoms. The van der Waals surface area contributed by atoms with Gasteiger partial charge in [0, 0.05) is 6.04 Å². The lowest BCUT2D eigenvalue weighted by Gasteiger charge is -2.10. The van der Waals surface area contributed by atoms with Crippen LogP contribution >= 0.6 is 0 Å². The van der Waals surface area contributed by atoms with E-state index < -0.39 is 0 Å². The van der Waals surface area contributed by atoms with E-state index in [1.54, 1.807) is 0 Å². The zero-order valence-corrected chi connectivity index (χ0v) is 11.1. The van der Waals surface area contributed by atoms with Crippen LogP contribution in [0.5, 0.6) is 5.75 Å². The van der Waals surface area contributed by atoms with Gasteiger partial charge in [0.25, 0.3) is 0 Å². The molecule has 1 atom stereocenters. The summed E-state index contributed by atoms with van der Waals surface area (Å²) < 4.78 is 5.68. The first kappa shape index (κ1) is 14.0. The summed E-state index contributed by atoms with van der Waals surface area (Å²) in [5.74, 6) is 0.968. The standard InChI is InChI=1S/C15H25NO/c1-3-6-13-8-10-15(11-9-13)17-12-5-7-14(16)4-2/h8-11,14H,3-7,12,16H2,1-2H3.